The molecule has 0 aliphatic heterocycles. The zero-order chi connectivity index (χ0) is 13.3. The Morgan fingerprint density at radius 3 is 2.41 bits per heavy atom. The van der Waals surface area contributed by atoms with Crippen LogP contribution in [-0.4, -0.2) is 52.8 Å². The van der Waals surface area contributed by atoms with Gasteiger partial charge in [0, 0.05) is 18.7 Å². The molecule has 0 aromatic carbocycles. The van der Waals surface area contributed by atoms with Gasteiger partial charge in [0.1, 0.15) is 6.04 Å². The molecule has 0 bridgehead atoms. The Balaban J connectivity index is 4.02. The SMILES string of the molecule is [11CH3]SCCNC(=O)N[C@@H](CCC(=O)O)C(=O)O. The van der Waals surface area contributed by atoms with Crippen molar-refractivity contribution in [1.29, 1.82) is 0 Å². The van der Waals surface area contributed by atoms with Gasteiger partial charge >= 0.3 is 18.0 Å². The van der Waals surface area contributed by atoms with E-state index in [1.807, 2.05) is 6.26 Å². The minimum atomic E-state index is -1.24. The van der Waals surface area contributed by atoms with Crippen molar-refractivity contribution in [1.82, 2.24) is 10.6 Å². The number of thioether (sulfide) groups is 1. The lowest BCUT2D eigenvalue weighted by molar-refractivity contribution is -0.140. The molecule has 7 nitrogen and oxygen atoms in total. The molecule has 8 heteroatoms. The van der Waals surface area contributed by atoms with Gasteiger partial charge in [-0.2, -0.15) is 11.8 Å². The Bertz CT molecular complexity index is 285. The van der Waals surface area contributed by atoms with E-state index in [1.165, 1.54) is 0 Å². The molecule has 0 aliphatic carbocycles. The van der Waals surface area contributed by atoms with Crippen LogP contribution >= 0.6 is 11.8 Å². The molecule has 17 heavy (non-hydrogen) atoms. The van der Waals surface area contributed by atoms with E-state index in [9.17, 15) is 14.4 Å². The number of nitrogens with one attached hydrogen (secondary N) is 2. The summed E-state index contributed by atoms with van der Waals surface area (Å²) in [6.45, 7) is 0.429. The molecule has 98 valence electrons. The maximum Gasteiger partial charge on any atom is 0.326 e. The first kappa shape index (κ1) is 15.6. The largest absolute Gasteiger partial charge is 0.481 e. The van der Waals surface area contributed by atoms with Gasteiger partial charge in [-0.25, -0.2) is 9.59 Å². The third-order valence-corrected chi connectivity index (χ3v) is 2.45. The second-order valence-electron chi connectivity index (χ2n) is 3.22. The molecule has 0 radical (unpaired) electrons. The summed E-state index contributed by atoms with van der Waals surface area (Å²) in [5, 5.41) is 21.9. The summed E-state index contributed by atoms with van der Waals surface area (Å²) in [4.78, 5) is 32.3. The van der Waals surface area contributed by atoms with Crippen LogP contribution in [0.3, 0.4) is 0 Å². The van der Waals surface area contributed by atoms with Gasteiger partial charge in [0.15, 0.2) is 0 Å². The molecule has 0 saturated heterocycles. The van der Waals surface area contributed by atoms with Crippen LogP contribution < -0.4 is 10.6 Å². The van der Waals surface area contributed by atoms with Gasteiger partial charge in [0.2, 0.25) is 0 Å². The molecule has 0 rings (SSSR count). The maximum absolute atomic E-state index is 11.2. The molecular formula is C9H16N2O5S. The monoisotopic (exact) mass is 263 g/mol. The van der Waals surface area contributed by atoms with Crippen molar-refractivity contribution in [3.63, 3.8) is 0 Å². The number of aliphatic carboxylic acids is 2. The average molecular weight is 263 g/mol. The highest BCUT2D eigenvalue weighted by Crippen LogP contribution is 1.98. The van der Waals surface area contributed by atoms with Gasteiger partial charge in [-0.1, -0.05) is 0 Å². The van der Waals surface area contributed by atoms with E-state index in [2.05, 4.69) is 10.6 Å². The molecule has 1 atom stereocenters. The van der Waals surface area contributed by atoms with Crippen molar-refractivity contribution in [2.75, 3.05) is 18.6 Å². The second kappa shape index (κ2) is 8.68. The van der Waals surface area contributed by atoms with Gasteiger partial charge in [-0.05, 0) is 12.7 Å². The summed E-state index contributed by atoms with van der Waals surface area (Å²) in [5.74, 6) is -1.62. The molecule has 4 N–H and O–H groups in total. The van der Waals surface area contributed by atoms with Crippen LogP contribution in [0.4, 0.5) is 4.79 Å². The highest BCUT2D eigenvalue weighted by Gasteiger charge is 2.20. The zero-order valence-corrected chi connectivity index (χ0v) is 10.2. The topological polar surface area (TPSA) is 116 Å². The molecule has 0 unspecified atom stereocenters. The van der Waals surface area contributed by atoms with Crippen LogP contribution in [0.25, 0.3) is 0 Å². The maximum atomic E-state index is 11.2. The van der Waals surface area contributed by atoms with E-state index in [4.69, 9.17) is 10.2 Å². The zero-order valence-electron chi connectivity index (χ0n) is 9.43. The smallest absolute Gasteiger partial charge is 0.326 e. The molecule has 2 amide bonds. The Labute approximate surface area is 103 Å². The lowest BCUT2D eigenvalue weighted by atomic mass is 10.1. The molecule has 0 saturated carbocycles. The third kappa shape index (κ3) is 8.38. The first-order valence-corrected chi connectivity index (χ1v) is 6.34. The minimum Gasteiger partial charge on any atom is -0.481 e. The summed E-state index contributed by atoms with van der Waals surface area (Å²) >= 11 is 1.55. The van der Waals surface area contributed by atoms with Crippen molar-refractivity contribution in [3.8, 4) is 0 Å². The highest BCUT2D eigenvalue weighted by atomic mass is 32.2. The van der Waals surface area contributed by atoms with Gasteiger partial charge < -0.3 is 20.8 Å². The number of rotatable bonds is 8. The molecule has 0 aromatic heterocycles. The summed E-state index contributed by atoms with van der Waals surface area (Å²) in [5.41, 5.74) is 0. The second-order valence-corrected chi connectivity index (χ2v) is 4.20. The predicted molar refractivity (Wildman–Crippen MR) is 63.2 cm³/mol. The van der Waals surface area contributed by atoms with Crippen molar-refractivity contribution in [2.45, 2.75) is 18.9 Å². The molecule has 0 aliphatic rings. The summed E-state index contributed by atoms with van der Waals surface area (Å²) in [6.07, 6.45) is 1.44. The van der Waals surface area contributed by atoms with E-state index in [-0.39, 0.29) is 12.8 Å². The molecule has 0 aromatic rings. The van der Waals surface area contributed by atoms with Gasteiger partial charge in [-0.15, -0.1) is 0 Å². The van der Waals surface area contributed by atoms with Crippen LogP contribution in [0.5, 0.6) is 0 Å². The van der Waals surface area contributed by atoms with Crippen LogP contribution in [0.15, 0.2) is 0 Å². The summed E-state index contributed by atoms with van der Waals surface area (Å²) in [7, 11) is 0. The van der Waals surface area contributed by atoms with Crippen LogP contribution in [0.2, 0.25) is 0 Å². The number of carbonyl (C=O) groups is 3. The lowest BCUT2D eigenvalue weighted by Gasteiger charge is -2.13. The number of hydrogen-bond donors (Lipinski definition) is 4. The van der Waals surface area contributed by atoms with Gasteiger partial charge in [0.05, 0.1) is 0 Å². The molecule has 0 fully saturated rings. The molecular weight excluding hydrogens is 247 g/mol. The van der Waals surface area contributed by atoms with Crippen LogP contribution in [0, 0.1) is 0 Å². The van der Waals surface area contributed by atoms with Crippen LogP contribution in [0.1, 0.15) is 12.8 Å². The van der Waals surface area contributed by atoms with Crippen molar-refractivity contribution >= 4 is 29.7 Å². The van der Waals surface area contributed by atoms with Crippen molar-refractivity contribution < 1.29 is 24.6 Å². The van der Waals surface area contributed by atoms with Gasteiger partial charge in [-0.3, -0.25) is 4.79 Å². The van der Waals surface area contributed by atoms with E-state index in [0.717, 1.165) is 5.75 Å². The van der Waals surface area contributed by atoms with E-state index in [0.29, 0.717) is 6.54 Å². The standard InChI is InChI=1S/C9H16N2O5S/c1-17-5-4-10-9(16)11-6(8(14)15)2-3-7(12)13/h6H,2-5H2,1H3,(H,12,13)(H,14,15)(H2,10,11,16)/t6-/m0/s1/i1-1. The fourth-order valence-electron chi connectivity index (χ4n) is 1.00. The quantitative estimate of drug-likeness (QED) is 0.457. The van der Waals surface area contributed by atoms with Gasteiger partial charge in [0.25, 0.3) is 0 Å². The first-order chi connectivity index (χ1) is 7.97. The van der Waals surface area contributed by atoms with E-state index >= 15 is 0 Å². The average Bonchev–Trinajstić information content (AvgIpc) is 2.23. The number of carboxylic acids is 2. The number of urea groups is 1. The fourth-order valence-corrected chi connectivity index (χ4v) is 1.31. The lowest BCUT2D eigenvalue weighted by Crippen LogP contribution is -2.46. The number of hydrogen-bond acceptors (Lipinski definition) is 4. The Hall–Kier alpha value is -1.44. The summed E-state index contributed by atoms with van der Waals surface area (Å²) < 4.78 is 0. The Morgan fingerprint density at radius 2 is 1.94 bits per heavy atom. The van der Waals surface area contributed by atoms with Crippen molar-refractivity contribution in [2.24, 2.45) is 0 Å². The normalized spacial score (nSPS) is 11.6. The first-order valence-electron chi connectivity index (χ1n) is 4.95. The molecule has 0 spiro atoms. The fraction of sp³-hybridized carbons (Fsp3) is 0.667. The Kier molecular flexibility index (Phi) is 7.95. The van der Waals surface area contributed by atoms with Crippen LogP contribution in [-0.2, 0) is 9.59 Å². The third-order valence-electron chi connectivity index (χ3n) is 1.84. The van der Waals surface area contributed by atoms with E-state index in [1.54, 1.807) is 11.8 Å². The predicted octanol–water partition coefficient (Wildman–Crippen LogP) is -0.0334. The minimum absolute atomic E-state index is 0.138. The highest BCUT2D eigenvalue weighted by molar-refractivity contribution is 7.98. The van der Waals surface area contributed by atoms with E-state index < -0.39 is 24.0 Å². The Morgan fingerprint density at radius 1 is 1.29 bits per heavy atom. The summed E-state index contributed by atoms with van der Waals surface area (Å²) in [6, 6.07) is -1.78. The number of carboxylic acid groups (broad SMARTS) is 2. The molecule has 0 heterocycles. The van der Waals surface area contributed by atoms with Crippen molar-refractivity contribution in [3.05, 3.63) is 0 Å². The number of amides is 2. The number of carbonyl (C=O) groups excluding carboxylic acids is 1.